The number of carbonyl (C=O) groups excluding carboxylic acids is 1. The Balaban J connectivity index is 0. The first-order valence-corrected chi connectivity index (χ1v) is 6.33. The third kappa shape index (κ3) is 6.78. The van der Waals surface area contributed by atoms with Gasteiger partial charge in [0.2, 0.25) is 5.91 Å². The van der Waals surface area contributed by atoms with Gasteiger partial charge in [-0.1, -0.05) is 20.8 Å². The molecule has 0 aromatic rings. The molecule has 1 aliphatic carbocycles. The molecule has 0 aliphatic heterocycles. The Morgan fingerprint density at radius 3 is 2.33 bits per heavy atom. The summed E-state index contributed by atoms with van der Waals surface area (Å²) in [6.07, 6.45) is 2.63. The highest BCUT2D eigenvalue weighted by molar-refractivity contribution is 5.85. The molecule has 0 saturated heterocycles. The maximum absolute atomic E-state index is 11.6. The summed E-state index contributed by atoms with van der Waals surface area (Å²) < 4.78 is 0. The molecule has 1 unspecified atom stereocenters. The second-order valence-corrected chi connectivity index (χ2v) is 4.92. The van der Waals surface area contributed by atoms with Gasteiger partial charge in [-0.15, -0.1) is 24.8 Å². The van der Waals surface area contributed by atoms with Gasteiger partial charge < -0.3 is 11.1 Å². The number of hydrogen-bond donors (Lipinski definition) is 2. The van der Waals surface area contributed by atoms with Crippen molar-refractivity contribution in [3.8, 4) is 0 Å². The van der Waals surface area contributed by atoms with Gasteiger partial charge in [0, 0.05) is 19.1 Å². The Morgan fingerprint density at radius 1 is 1.39 bits per heavy atom. The van der Waals surface area contributed by atoms with Crippen molar-refractivity contribution in [1.82, 2.24) is 10.2 Å². The molecule has 0 bridgehead atoms. The number of hydrogen-bond acceptors (Lipinski definition) is 3. The topological polar surface area (TPSA) is 58.4 Å². The zero-order valence-corrected chi connectivity index (χ0v) is 13.1. The molecule has 6 heteroatoms. The third-order valence-electron chi connectivity index (χ3n) is 3.19. The fourth-order valence-corrected chi connectivity index (χ4v) is 1.78. The minimum absolute atomic E-state index is 0. The number of amides is 1. The Bertz CT molecular complexity index is 235. The van der Waals surface area contributed by atoms with Gasteiger partial charge in [0.05, 0.1) is 6.04 Å². The normalized spacial score (nSPS) is 15.9. The second-order valence-electron chi connectivity index (χ2n) is 4.92. The summed E-state index contributed by atoms with van der Waals surface area (Å²) in [5.74, 6) is 0.174. The lowest BCUT2D eigenvalue weighted by Crippen LogP contribution is -2.46. The highest BCUT2D eigenvalue weighted by Gasteiger charge is 2.27. The van der Waals surface area contributed by atoms with Crippen LogP contribution in [-0.2, 0) is 4.79 Å². The molecule has 0 spiro atoms. The zero-order chi connectivity index (χ0) is 12.1. The van der Waals surface area contributed by atoms with Crippen molar-refractivity contribution >= 4 is 30.7 Å². The minimum atomic E-state index is -0.379. The predicted molar refractivity (Wildman–Crippen MR) is 80.6 cm³/mol. The molecule has 3 N–H and O–H groups in total. The number of likely N-dealkylation sites (N-methyl/N-ethyl adjacent to an activating group) is 1. The standard InChI is InChI=1S/C12H25N3O.2ClH/c1-4-15(10-5-6-10)8-7-14-12(16)11(13)9(2)3;;/h9-11H,4-8,13H2,1-3H3,(H,14,16);2*1H. The van der Waals surface area contributed by atoms with Gasteiger partial charge in [-0.3, -0.25) is 9.69 Å². The van der Waals surface area contributed by atoms with Crippen LogP contribution in [0.15, 0.2) is 0 Å². The molecule has 0 aromatic carbocycles. The Labute approximate surface area is 123 Å². The summed E-state index contributed by atoms with van der Waals surface area (Å²) in [6.45, 7) is 8.82. The van der Waals surface area contributed by atoms with Crippen LogP contribution in [-0.4, -0.2) is 42.5 Å². The van der Waals surface area contributed by atoms with E-state index in [1.165, 1.54) is 12.8 Å². The molecule has 0 heterocycles. The number of halogens is 2. The smallest absolute Gasteiger partial charge is 0.237 e. The molecule has 1 rings (SSSR count). The van der Waals surface area contributed by atoms with Gasteiger partial charge in [0.25, 0.3) is 0 Å². The van der Waals surface area contributed by atoms with Crippen LogP contribution >= 0.6 is 24.8 Å². The van der Waals surface area contributed by atoms with E-state index in [4.69, 9.17) is 5.73 Å². The summed E-state index contributed by atoms with van der Waals surface area (Å²) in [5, 5.41) is 2.91. The lowest BCUT2D eigenvalue weighted by molar-refractivity contribution is -0.123. The Hall–Kier alpha value is -0.0300. The molecule has 110 valence electrons. The molecule has 1 amide bonds. The van der Waals surface area contributed by atoms with Gasteiger partial charge in [0.1, 0.15) is 0 Å². The molecule has 1 aliphatic rings. The van der Waals surface area contributed by atoms with Crippen molar-refractivity contribution in [3.05, 3.63) is 0 Å². The summed E-state index contributed by atoms with van der Waals surface area (Å²) in [6, 6.07) is 0.386. The lowest BCUT2D eigenvalue weighted by Gasteiger charge is -2.21. The number of nitrogens with zero attached hydrogens (tertiary/aromatic N) is 1. The average Bonchev–Trinajstić information content (AvgIpc) is 3.06. The van der Waals surface area contributed by atoms with Gasteiger partial charge >= 0.3 is 0 Å². The molecule has 0 aromatic heterocycles. The average molecular weight is 300 g/mol. The first-order chi connectivity index (χ1) is 7.56. The zero-order valence-electron chi connectivity index (χ0n) is 11.5. The molecular formula is C12H27Cl2N3O. The van der Waals surface area contributed by atoms with Crippen LogP contribution in [0.1, 0.15) is 33.6 Å². The summed E-state index contributed by atoms with van der Waals surface area (Å²) in [7, 11) is 0. The molecule has 1 atom stereocenters. The van der Waals surface area contributed by atoms with Gasteiger partial charge in [0.15, 0.2) is 0 Å². The van der Waals surface area contributed by atoms with Crippen LogP contribution in [0.2, 0.25) is 0 Å². The Kier molecular flexibility index (Phi) is 11.1. The van der Waals surface area contributed by atoms with Crippen molar-refractivity contribution < 1.29 is 4.79 Å². The Morgan fingerprint density at radius 2 is 1.94 bits per heavy atom. The van der Waals surface area contributed by atoms with E-state index in [1.807, 2.05) is 13.8 Å². The van der Waals surface area contributed by atoms with Crippen molar-refractivity contribution in [2.75, 3.05) is 19.6 Å². The van der Waals surface area contributed by atoms with Crippen molar-refractivity contribution in [2.24, 2.45) is 11.7 Å². The molecule has 1 saturated carbocycles. The second kappa shape index (κ2) is 9.84. The van der Waals surface area contributed by atoms with Crippen molar-refractivity contribution in [1.29, 1.82) is 0 Å². The van der Waals surface area contributed by atoms with Crippen LogP contribution in [0.5, 0.6) is 0 Å². The van der Waals surface area contributed by atoms with Crippen molar-refractivity contribution in [3.63, 3.8) is 0 Å². The van der Waals surface area contributed by atoms with Gasteiger partial charge in [-0.2, -0.15) is 0 Å². The summed E-state index contributed by atoms with van der Waals surface area (Å²) in [4.78, 5) is 14.0. The summed E-state index contributed by atoms with van der Waals surface area (Å²) in [5.41, 5.74) is 5.76. The largest absolute Gasteiger partial charge is 0.353 e. The van der Waals surface area contributed by atoms with E-state index in [9.17, 15) is 4.79 Å². The van der Waals surface area contributed by atoms with Crippen LogP contribution in [0, 0.1) is 5.92 Å². The number of nitrogens with two attached hydrogens (primary N) is 1. The first-order valence-electron chi connectivity index (χ1n) is 6.33. The van der Waals surface area contributed by atoms with Gasteiger partial charge in [-0.25, -0.2) is 0 Å². The third-order valence-corrected chi connectivity index (χ3v) is 3.19. The SMILES string of the molecule is CCN(CCNC(=O)C(N)C(C)C)C1CC1.Cl.Cl. The van der Waals surface area contributed by atoms with E-state index in [1.54, 1.807) is 0 Å². The van der Waals surface area contributed by atoms with Crippen LogP contribution in [0.25, 0.3) is 0 Å². The molecule has 4 nitrogen and oxygen atoms in total. The quantitative estimate of drug-likeness (QED) is 0.747. The summed E-state index contributed by atoms with van der Waals surface area (Å²) >= 11 is 0. The van der Waals surface area contributed by atoms with E-state index >= 15 is 0 Å². The van der Waals surface area contributed by atoms with Crippen LogP contribution < -0.4 is 11.1 Å². The van der Waals surface area contributed by atoms with Gasteiger partial charge in [-0.05, 0) is 25.3 Å². The van der Waals surface area contributed by atoms with Crippen molar-refractivity contribution in [2.45, 2.75) is 45.7 Å². The predicted octanol–water partition coefficient (Wildman–Crippen LogP) is 1.41. The van der Waals surface area contributed by atoms with E-state index in [0.717, 1.165) is 19.1 Å². The minimum Gasteiger partial charge on any atom is -0.353 e. The maximum atomic E-state index is 11.6. The molecule has 0 radical (unpaired) electrons. The van der Waals surface area contributed by atoms with E-state index in [0.29, 0.717) is 6.54 Å². The monoisotopic (exact) mass is 299 g/mol. The van der Waals surface area contributed by atoms with E-state index in [-0.39, 0.29) is 42.7 Å². The highest BCUT2D eigenvalue weighted by atomic mass is 35.5. The van der Waals surface area contributed by atoms with E-state index in [2.05, 4.69) is 17.1 Å². The number of nitrogens with one attached hydrogen (secondary N) is 1. The van der Waals surface area contributed by atoms with Crippen LogP contribution in [0.3, 0.4) is 0 Å². The molecular weight excluding hydrogens is 273 g/mol. The molecule has 18 heavy (non-hydrogen) atoms. The van der Waals surface area contributed by atoms with E-state index < -0.39 is 0 Å². The fourth-order valence-electron chi connectivity index (χ4n) is 1.78. The maximum Gasteiger partial charge on any atom is 0.237 e. The van der Waals surface area contributed by atoms with Crippen LogP contribution in [0.4, 0.5) is 0 Å². The first kappa shape index (κ1) is 20.3. The highest BCUT2D eigenvalue weighted by Crippen LogP contribution is 2.25. The number of carbonyl (C=O) groups is 1. The molecule has 1 fully saturated rings. The lowest BCUT2D eigenvalue weighted by atomic mass is 10.1. The number of rotatable bonds is 7. The fraction of sp³-hybridized carbons (Fsp3) is 0.917.